The van der Waals surface area contributed by atoms with Crippen molar-refractivity contribution in [3.8, 4) is 16.9 Å². The molecule has 1 atom stereocenters. The average Bonchev–Trinajstić information content (AvgIpc) is 3.56. The molecule has 1 heterocycles. The lowest BCUT2D eigenvalue weighted by atomic mass is 10.0. The van der Waals surface area contributed by atoms with Crippen molar-refractivity contribution in [1.29, 1.82) is 0 Å². The summed E-state index contributed by atoms with van der Waals surface area (Å²) in [4.78, 5) is 53.8. The van der Waals surface area contributed by atoms with Crippen LogP contribution in [0, 0.1) is 0 Å². The number of carbonyl (C=O) groups excluding carboxylic acids is 4. The molecule has 0 fully saturated rings. The van der Waals surface area contributed by atoms with Gasteiger partial charge in [-0.3, -0.25) is 14.4 Å². The summed E-state index contributed by atoms with van der Waals surface area (Å²) in [5.74, 6) is -1.07. The van der Waals surface area contributed by atoms with Crippen molar-refractivity contribution in [1.82, 2.24) is 5.32 Å². The molecule has 1 unspecified atom stereocenters. The van der Waals surface area contributed by atoms with Crippen LogP contribution in [0.3, 0.4) is 0 Å². The minimum atomic E-state index is -0.562. The number of thiophene rings is 1. The standard InChI is InChI=1S/C40H37N3O6S2/c1-4-48-31-21-19-27(20-22-31)23-34(42-37(45)29-15-10-7-11-16-29)38(46)41-30-17-12-18-32(24-30)51-26(3)36(44)43-39-35(40(47)49-5-2)33(25-50-39)28-13-8-6-9-14-28/h6-26H,4-5H2,1-3H3,(H,41,46)(H,42,45)(H,43,44)/b34-23+. The van der Waals surface area contributed by atoms with Crippen LogP contribution in [0.15, 0.2) is 125 Å². The third kappa shape index (κ3) is 9.96. The second-order valence-electron chi connectivity index (χ2n) is 11.1. The number of hydrogen-bond donors (Lipinski definition) is 3. The van der Waals surface area contributed by atoms with Crippen molar-refractivity contribution >= 4 is 63.6 Å². The molecule has 1 aromatic heterocycles. The molecule has 0 aliphatic heterocycles. The Morgan fingerprint density at radius 1 is 0.824 bits per heavy atom. The molecule has 9 nitrogen and oxygen atoms in total. The van der Waals surface area contributed by atoms with Gasteiger partial charge in [-0.05, 0) is 80.4 Å². The van der Waals surface area contributed by atoms with E-state index in [1.165, 1.54) is 23.1 Å². The van der Waals surface area contributed by atoms with E-state index >= 15 is 0 Å². The second-order valence-corrected chi connectivity index (χ2v) is 13.3. The smallest absolute Gasteiger partial charge is 0.341 e. The molecule has 5 aromatic rings. The Kier molecular flexibility index (Phi) is 12.8. The average molecular weight is 720 g/mol. The monoisotopic (exact) mass is 719 g/mol. The van der Waals surface area contributed by atoms with E-state index in [4.69, 9.17) is 9.47 Å². The molecule has 0 spiro atoms. The maximum Gasteiger partial charge on any atom is 0.341 e. The summed E-state index contributed by atoms with van der Waals surface area (Å²) < 4.78 is 10.8. The van der Waals surface area contributed by atoms with Gasteiger partial charge in [0.05, 0.1) is 18.5 Å². The van der Waals surface area contributed by atoms with Gasteiger partial charge in [0.15, 0.2) is 0 Å². The van der Waals surface area contributed by atoms with E-state index in [2.05, 4.69) is 16.0 Å². The summed E-state index contributed by atoms with van der Waals surface area (Å²) >= 11 is 2.56. The summed E-state index contributed by atoms with van der Waals surface area (Å²) in [6.45, 7) is 6.12. The summed E-state index contributed by atoms with van der Waals surface area (Å²) in [5, 5.41) is 10.2. The molecule has 0 aliphatic rings. The van der Waals surface area contributed by atoms with E-state index in [9.17, 15) is 19.2 Å². The molecular formula is C40H37N3O6S2. The van der Waals surface area contributed by atoms with Crippen molar-refractivity contribution in [2.24, 2.45) is 0 Å². The van der Waals surface area contributed by atoms with Crippen LogP contribution >= 0.6 is 23.1 Å². The van der Waals surface area contributed by atoms with Gasteiger partial charge in [-0.2, -0.15) is 0 Å². The van der Waals surface area contributed by atoms with E-state index in [0.717, 1.165) is 10.5 Å². The van der Waals surface area contributed by atoms with E-state index < -0.39 is 23.0 Å². The number of benzene rings is 4. The van der Waals surface area contributed by atoms with Crippen LogP contribution in [0.4, 0.5) is 10.7 Å². The number of nitrogens with one attached hydrogen (secondary N) is 3. The Morgan fingerprint density at radius 2 is 1.53 bits per heavy atom. The van der Waals surface area contributed by atoms with Crippen LogP contribution < -0.4 is 20.7 Å². The number of rotatable bonds is 14. The highest BCUT2D eigenvalue weighted by molar-refractivity contribution is 8.00. The van der Waals surface area contributed by atoms with Gasteiger partial charge in [-0.15, -0.1) is 23.1 Å². The van der Waals surface area contributed by atoms with Crippen molar-refractivity contribution < 1.29 is 28.7 Å². The molecule has 0 aliphatic carbocycles. The van der Waals surface area contributed by atoms with Crippen LogP contribution in [0.25, 0.3) is 17.2 Å². The first-order valence-electron chi connectivity index (χ1n) is 16.3. The quantitative estimate of drug-likeness (QED) is 0.0598. The fourth-order valence-electron chi connectivity index (χ4n) is 4.94. The molecule has 260 valence electrons. The fourth-order valence-corrected chi connectivity index (χ4v) is 6.83. The lowest BCUT2D eigenvalue weighted by Crippen LogP contribution is -2.30. The Bertz CT molecular complexity index is 2010. The highest BCUT2D eigenvalue weighted by Gasteiger charge is 2.25. The molecule has 3 N–H and O–H groups in total. The van der Waals surface area contributed by atoms with Gasteiger partial charge in [0.25, 0.3) is 11.8 Å². The van der Waals surface area contributed by atoms with Gasteiger partial charge in [0.2, 0.25) is 5.91 Å². The third-order valence-corrected chi connectivity index (χ3v) is 9.39. The minimum Gasteiger partial charge on any atom is -0.494 e. The van der Waals surface area contributed by atoms with Crippen molar-refractivity contribution in [2.45, 2.75) is 30.9 Å². The Hall–Kier alpha value is -5.65. The van der Waals surface area contributed by atoms with Crippen LogP contribution in [0.1, 0.15) is 47.1 Å². The molecule has 0 saturated heterocycles. The van der Waals surface area contributed by atoms with E-state index in [1.807, 2.05) is 48.7 Å². The zero-order valence-corrected chi connectivity index (χ0v) is 29.9. The Labute approximate surface area is 305 Å². The van der Waals surface area contributed by atoms with Gasteiger partial charge in [0.1, 0.15) is 22.0 Å². The molecule has 0 saturated carbocycles. The van der Waals surface area contributed by atoms with Gasteiger partial charge in [-0.25, -0.2) is 4.79 Å². The number of anilines is 2. The topological polar surface area (TPSA) is 123 Å². The van der Waals surface area contributed by atoms with E-state index in [0.29, 0.717) is 45.3 Å². The van der Waals surface area contributed by atoms with Gasteiger partial charge in [0, 0.05) is 27.1 Å². The first-order valence-corrected chi connectivity index (χ1v) is 18.1. The van der Waals surface area contributed by atoms with Crippen LogP contribution in [-0.2, 0) is 14.3 Å². The summed E-state index contributed by atoms with van der Waals surface area (Å²) in [6, 6.07) is 32.3. The molecule has 51 heavy (non-hydrogen) atoms. The molecular weight excluding hydrogens is 683 g/mol. The number of esters is 1. The third-order valence-electron chi connectivity index (χ3n) is 7.40. The predicted octanol–water partition coefficient (Wildman–Crippen LogP) is 8.52. The van der Waals surface area contributed by atoms with Gasteiger partial charge >= 0.3 is 5.97 Å². The van der Waals surface area contributed by atoms with Crippen molar-refractivity contribution in [2.75, 3.05) is 23.8 Å². The first kappa shape index (κ1) is 36.6. The molecule has 5 rings (SSSR count). The number of carbonyl (C=O) groups is 4. The molecule has 4 aromatic carbocycles. The Morgan fingerprint density at radius 3 is 2.22 bits per heavy atom. The summed E-state index contributed by atoms with van der Waals surface area (Å²) in [5.41, 5.74) is 3.46. The lowest BCUT2D eigenvalue weighted by molar-refractivity contribution is -0.115. The van der Waals surface area contributed by atoms with Crippen LogP contribution in [0.2, 0.25) is 0 Å². The molecule has 0 bridgehead atoms. The summed E-state index contributed by atoms with van der Waals surface area (Å²) in [7, 11) is 0. The fraction of sp³-hybridized carbons (Fsp3) is 0.150. The number of ether oxygens (including phenoxy) is 2. The number of thioether (sulfide) groups is 1. The molecule has 11 heteroatoms. The summed E-state index contributed by atoms with van der Waals surface area (Å²) in [6.07, 6.45) is 1.59. The highest BCUT2D eigenvalue weighted by Crippen LogP contribution is 2.37. The zero-order valence-electron chi connectivity index (χ0n) is 28.3. The maximum atomic E-state index is 13.6. The maximum absolute atomic E-state index is 13.6. The van der Waals surface area contributed by atoms with Gasteiger partial charge in [-0.1, -0.05) is 66.7 Å². The SMILES string of the molecule is CCOC(=O)c1c(-c2ccccc2)csc1NC(=O)C(C)Sc1cccc(NC(=O)/C(=C\c2ccc(OCC)cc2)NC(=O)c2ccccc2)c1. The minimum absolute atomic E-state index is 0.0436. The number of amides is 3. The molecule has 3 amide bonds. The van der Waals surface area contributed by atoms with Crippen LogP contribution in [-0.4, -0.2) is 42.2 Å². The van der Waals surface area contributed by atoms with Crippen molar-refractivity contribution in [3.05, 3.63) is 137 Å². The van der Waals surface area contributed by atoms with Crippen LogP contribution in [0.5, 0.6) is 5.75 Å². The molecule has 0 radical (unpaired) electrons. The van der Waals surface area contributed by atoms with Gasteiger partial charge < -0.3 is 25.4 Å². The first-order chi connectivity index (χ1) is 24.7. The zero-order chi connectivity index (χ0) is 36.2. The van der Waals surface area contributed by atoms with E-state index in [-0.39, 0.29) is 18.2 Å². The second kappa shape index (κ2) is 17.8. The van der Waals surface area contributed by atoms with E-state index in [1.54, 1.807) is 92.7 Å². The largest absolute Gasteiger partial charge is 0.494 e. The number of hydrogen-bond acceptors (Lipinski definition) is 8. The predicted molar refractivity (Wildman–Crippen MR) is 204 cm³/mol. The normalized spacial score (nSPS) is 11.6. The van der Waals surface area contributed by atoms with Crippen molar-refractivity contribution in [3.63, 3.8) is 0 Å². The highest BCUT2D eigenvalue weighted by atomic mass is 32.2. The Balaban J connectivity index is 1.30. The lowest BCUT2D eigenvalue weighted by Gasteiger charge is -2.14.